The van der Waals surface area contributed by atoms with Gasteiger partial charge in [0.15, 0.2) is 0 Å². The molecule has 0 atom stereocenters. The van der Waals surface area contributed by atoms with Crippen LogP contribution in [0.2, 0.25) is 0 Å². The summed E-state index contributed by atoms with van der Waals surface area (Å²) in [5.41, 5.74) is 19.9. The Morgan fingerprint density at radius 3 is 1.89 bits per heavy atom. The molecule has 0 spiro atoms. The van der Waals surface area contributed by atoms with Gasteiger partial charge in [0.25, 0.3) is 0 Å². The zero-order chi connectivity index (χ0) is 24.9. The Labute approximate surface area is 208 Å². The van der Waals surface area contributed by atoms with Crippen molar-refractivity contribution in [3.05, 3.63) is 48.7 Å². The predicted molar refractivity (Wildman–Crippen MR) is 140 cm³/mol. The molecule has 12 heteroatoms. The first kappa shape index (κ1) is 23.6. The molecule has 6 rings (SSSR count). The van der Waals surface area contributed by atoms with E-state index in [9.17, 15) is 0 Å². The van der Waals surface area contributed by atoms with Crippen LogP contribution < -0.4 is 27.0 Å². The average Bonchev–Trinajstić information content (AvgIpc) is 3.34. The monoisotopic (exact) mass is 490 g/mol. The second-order valence-electron chi connectivity index (χ2n) is 8.42. The van der Waals surface area contributed by atoms with Crippen LogP contribution in [0.3, 0.4) is 0 Å². The molecule has 0 amide bonds. The minimum atomic E-state index is 0.402. The number of rotatable bonds is 3. The molecule has 3 aromatic heterocycles. The van der Waals surface area contributed by atoms with Gasteiger partial charge in [0.05, 0.1) is 32.1 Å². The SMILES string of the molecule is Nc1cc(N)nc(N2CCOCC2)n1.Nc1cc2nc(-c3ccccc3)cn2c(N2CCOCC2)n1. The van der Waals surface area contributed by atoms with Gasteiger partial charge in [0.2, 0.25) is 11.9 Å². The normalized spacial score (nSPS) is 16.0. The van der Waals surface area contributed by atoms with Gasteiger partial charge in [0.1, 0.15) is 23.1 Å². The average molecular weight is 491 g/mol. The van der Waals surface area contributed by atoms with Gasteiger partial charge in [-0.3, -0.25) is 4.40 Å². The highest BCUT2D eigenvalue weighted by atomic mass is 16.5. The van der Waals surface area contributed by atoms with Gasteiger partial charge in [-0.25, -0.2) is 4.98 Å². The van der Waals surface area contributed by atoms with Crippen LogP contribution >= 0.6 is 0 Å². The third-order valence-corrected chi connectivity index (χ3v) is 5.87. The van der Waals surface area contributed by atoms with E-state index in [4.69, 9.17) is 26.7 Å². The zero-order valence-electron chi connectivity index (χ0n) is 20.0. The van der Waals surface area contributed by atoms with Crippen molar-refractivity contribution < 1.29 is 9.47 Å². The summed E-state index contributed by atoms with van der Waals surface area (Å²) in [7, 11) is 0. The molecule has 0 unspecified atom stereocenters. The second-order valence-corrected chi connectivity index (χ2v) is 8.42. The number of imidazole rings is 1. The van der Waals surface area contributed by atoms with Crippen molar-refractivity contribution >= 4 is 35.0 Å². The summed E-state index contributed by atoms with van der Waals surface area (Å²) >= 11 is 0. The van der Waals surface area contributed by atoms with Crippen LogP contribution in [0.1, 0.15) is 0 Å². The van der Waals surface area contributed by atoms with Crippen molar-refractivity contribution in [3.8, 4) is 11.3 Å². The highest BCUT2D eigenvalue weighted by Gasteiger charge is 2.18. The quantitative estimate of drug-likeness (QED) is 0.380. The predicted octanol–water partition coefficient (Wildman–Crippen LogP) is 1.29. The second kappa shape index (κ2) is 10.6. The maximum atomic E-state index is 5.96. The summed E-state index contributed by atoms with van der Waals surface area (Å²) in [4.78, 5) is 21.6. The lowest BCUT2D eigenvalue weighted by atomic mass is 10.2. The Morgan fingerprint density at radius 1 is 0.667 bits per heavy atom. The van der Waals surface area contributed by atoms with E-state index in [1.54, 1.807) is 12.1 Å². The van der Waals surface area contributed by atoms with Crippen molar-refractivity contribution in [1.29, 1.82) is 0 Å². The number of fused-ring (bicyclic) bond motifs is 1. The fraction of sp³-hybridized carbons (Fsp3) is 0.333. The van der Waals surface area contributed by atoms with E-state index in [1.165, 1.54) is 0 Å². The van der Waals surface area contributed by atoms with E-state index in [0.29, 0.717) is 49.8 Å². The zero-order valence-corrected chi connectivity index (χ0v) is 20.0. The van der Waals surface area contributed by atoms with E-state index < -0.39 is 0 Å². The van der Waals surface area contributed by atoms with Gasteiger partial charge in [-0.15, -0.1) is 0 Å². The molecular formula is C24H30N10O2. The fourth-order valence-corrected chi connectivity index (χ4v) is 4.10. The van der Waals surface area contributed by atoms with Crippen molar-refractivity contribution in [2.24, 2.45) is 0 Å². The first-order valence-electron chi connectivity index (χ1n) is 11.8. The summed E-state index contributed by atoms with van der Waals surface area (Å²) in [6.45, 7) is 5.98. The molecule has 2 aliphatic heterocycles. The van der Waals surface area contributed by atoms with E-state index in [0.717, 1.165) is 49.0 Å². The van der Waals surface area contributed by atoms with Crippen LogP contribution in [-0.2, 0) is 9.47 Å². The number of nitrogens with two attached hydrogens (primary N) is 3. The Balaban J connectivity index is 0.000000165. The number of aromatic nitrogens is 5. The van der Waals surface area contributed by atoms with Gasteiger partial charge in [-0.2, -0.15) is 15.0 Å². The van der Waals surface area contributed by atoms with Crippen molar-refractivity contribution in [3.63, 3.8) is 0 Å². The molecule has 5 heterocycles. The Hall–Kier alpha value is -4.16. The molecule has 2 saturated heterocycles. The largest absolute Gasteiger partial charge is 0.383 e. The molecule has 36 heavy (non-hydrogen) atoms. The number of hydrogen-bond donors (Lipinski definition) is 3. The molecule has 0 bridgehead atoms. The third kappa shape index (κ3) is 5.39. The summed E-state index contributed by atoms with van der Waals surface area (Å²) in [5, 5.41) is 0. The maximum absolute atomic E-state index is 5.96. The van der Waals surface area contributed by atoms with E-state index >= 15 is 0 Å². The Morgan fingerprint density at radius 2 is 1.25 bits per heavy atom. The number of nitrogen functional groups attached to an aromatic ring is 3. The fourth-order valence-electron chi connectivity index (χ4n) is 4.10. The van der Waals surface area contributed by atoms with E-state index in [1.807, 2.05) is 45.8 Å². The number of hydrogen-bond acceptors (Lipinski definition) is 11. The van der Waals surface area contributed by atoms with Gasteiger partial charge in [-0.05, 0) is 0 Å². The molecule has 12 nitrogen and oxygen atoms in total. The van der Waals surface area contributed by atoms with Crippen molar-refractivity contribution in [1.82, 2.24) is 24.3 Å². The minimum absolute atomic E-state index is 0.402. The first-order valence-corrected chi connectivity index (χ1v) is 11.8. The van der Waals surface area contributed by atoms with Crippen molar-refractivity contribution in [2.75, 3.05) is 79.6 Å². The van der Waals surface area contributed by atoms with Crippen LogP contribution in [0, 0.1) is 0 Å². The minimum Gasteiger partial charge on any atom is -0.383 e. The van der Waals surface area contributed by atoms with Gasteiger partial charge < -0.3 is 36.5 Å². The lowest BCUT2D eigenvalue weighted by Gasteiger charge is -2.28. The van der Waals surface area contributed by atoms with Crippen LogP contribution in [0.5, 0.6) is 0 Å². The lowest BCUT2D eigenvalue weighted by molar-refractivity contribution is 0.122. The van der Waals surface area contributed by atoms with E-state index in [-0.39, 0.29) is 0 Å². The molecule has 2 fully saturated rings. The van der Waals surface area contributed by atoms with Gasteiger partial charge >= 0.3 is 0 Å². The van der Waals surface area contributed by atoms with Gasteiger partial charge in [-0.1, -0.05) is 30.3 Å². The molecule has 0 aliphatic carbocycles. The summed E-state index contributed by atoms with van der Waals surface area (Å²) < 4.78 is 12.6. The summed E-state index contributed by atoms with van der Waals surface area (Å²) in [5.74, 6) is 2.70. The first-order chi connectivity index (χ1) is 17.6. The Kier molecular flexibility index (Phi) is 6.96. The smallest absolute Gasteiger partial charge is 0.229 e. The standard InChI is InChI=1S/C16H17N5O.C8H13N5O/c17-14-10-15-18-13(12-4-2-1-3-5-12)11-21(15)16(19-14)20-6-8-22-9-7-20;9-6-5-7(10)12-8(11-6)13-1-3-14-4-2-13/h1-5,10-11H,6-9,17H2;5H,1-4H2,(H4,9,10,11,12). The highest BCUT2D eigenvalue weighted by Crippen LogP contribution is 2.24. The number of morpholine rings is 2. The molecule has 1 aromatic carbocycles. The molecule has 0 saturated carbocycles. The van der Waals surface area contributed by atoms with E-state index in [2.05, 4.69) is 24.8 Å². The van der Waals surface area contributed by atoms with Gasteiger partial charge in [0, 0.05) is 50.1 Å². The lowest BCUT2D eigenvalue weighted by Crippen LogP contribution is -2.38. The topological polar surface area (TPSA) is 159 Å². The summed E-state index contributed by atoms with van der Waals surface area (Å²) in [6, 6.07) is 13.5. The number of benzene rings is 1. The molecule has 6 N–H and O–H groups in total. The molecule has 2 aliphatic rings. The van der Waals surface area contributed by atoms with Crippen LogP contribution in [0.4, 0.5) is 29.4 Å². The molecular weight excluding hydrogens is 460 g/mol. The molecule has 0 radical (unpaired) electrons. The maximum Gasteiger partial charge on any atom is 0.229 e. The van der Waals surface area contributed by atoms with Crippen molar-refractivity contribution in [2.45, 2.75) is 0 Å². The molecule has 4 aromatic rings. The summed E-state index contributed by atoms with van der Waals surface area (Å²) in [6.07, 6.45) is 2.02. The number of ether oxygens (including phenoxy) is 2. The van der Waals surface area contributed by atoms with Crippen LogP contribution in [0.15, 0.2) is 48.7 Å². The molecule has 188 valence electrons. The highest BCUT2D eigenvalue weighted by molar-refractivity contribution is 5.66. The van der Waals surface area contributed by atoms with Crippen LogP contribution in [-0.4, -0.2) is 76.9 Å². The number of anilines is 5. The van der Waals surface area contributed by atoms with Crippen LogP contribution in [0.25, 0.3) is 16.9 Å². The Bertz CT molecular complexity index is 1280. The number of nitrogens with zero attached hydrogens (tertiary/aromatic N) is 7. The third-order valence-electron chi connectivity index (χ3n) is 5.87.